The minimum atomic E-state index is -3.78. The highest BCUT2D eigenvalue weighted by Gasteiger charge is 2.51. The number of primary amides is 2. The van der Waals surface area contributed by atoms with E-state index in [1.165, 1.54) is 11.5 Å². The van der Waals surface area contributed by atoms with Crippen LogP contribution < -0.4 is 28.1 Å². The lowest BCUT2D eigenvalue weighted by Gasteiger charge is -2.36. The molecule has 0 spiro atoms. The topological polar surface area (TPSA) is 232 Å². The van der Waals surface area contributed by atoms with Gasteiger partial charge < -0.3 is 41.5 Å². The monoisotopic (exact) mass is 817 g/mol. The van der Waals surface area contributed by atoms with Crippen LogP contribution in [0.1, 0.15) is 69.6 Å². The van der Waals surface area contributed by atoms with Gasteiger partial charge in [-0.3, -0.25) is 19.2 Å². The summed E-state index contributed by atoms with van der Waals surface area (Å²) in [5.41, 5.74) is 16.5. The molecule has 4 amide bonds. The molecule has 3 aromatic rings. The Morgan fingerprint density at radius 3 is 2.56 bits per heavy atom. The van der Waals surface area contributed by atoms with Crippen molar-refractivity contribution in [1.29, 1.82) is 0 Å². The Kier molecular flexibility index (Phi) is 11.8. The van der Waals surface area contributed by atoms with Gasteiger partial charge in [-0.2, -0.15) is 0 Å². The predicted molar refractivity (Wildman–Crippen MR) is 195 cm³/mol. The van der Waals surface area contributed by atoms with Crippen LogP contribution >= 0.6 is 15.9 Å². The van der Waals surface area contributed by atoms with E-state index in [2.05, 4.69) is 21.2 Å². The second-order valence-corrected chi connectivity index (χ2v) is 14.6. The number of nitrogens with two attached hydrogens (primary N) is 3. The summed E-state index contributed by atoms with van der Waals surface area (Å²) in [6, 6.07) is 5.37. The second-order valence-electron chi connectivity index (χ2n) is 13.8. The van der Waals surface area contributed by atoms with Crippen molar-refractivity contribution in [2.75, 3.05) is 13.1 Å². The molecule has 2 aromatic heterocycles. The number of rotatable bonds is 15. The zero-order chi connectivity index (χ0) is 39.7. The molecule has 0 fully saturated rings. The summed E-state index contributed by atoms with van der Waals surface area (Å²) in [6.07, 6.45) is -2.39. The summed E-state index contributed by atoms with van der Waals surface area (Å²) < 4.78 is 44.8. The molecule has 0 bridgehead atoms. The normalized spacial score (nSPS) is 17.2. The Hall–Kier alpha value is -4.97. The highest BCUT2D eigenvalue weighted by Crippen LogP contribution is 2.42. The fourth-order valence-electron chi connectivity index (χ4n) is 6.76. The van der Waals surface area contributed by atoms with Crippen LogP contribution in [0.2, 0.25) is 0 Å². The maximum atomic E-state index is 15.7. The van der Waals surface area contributed by atoms with E-state index >= 15 is 8.78 Å². The number of nitrogens with zero attached hydrogens (tertiary/aromatic N) is 3. The van der Waals surface area contributed by atoms with E-state index in [-0.39, 0.29) is 50.1 Å². The molecule has 0 saturated heterocycles. The molecule has 18 heteroatoms. The number of ether oxygens (including phenoxy) is 2. The third kappa shape index (κ3) is 7.94. The Morgan fingerprint density at radius 2 is 1.91 bits per heavy atom. The zero-order valence-electron chi connectivity index (χ0n) is 30.0. The van der Waals surface area contributed by atoms with Gasteiger partial charge in [0.1, 0.15) is 12.6 Å². The van der Waals surface area contributed by atoms with Gasteiger partial charge in [0.2, 0.25) is 17.4 Å². The minimum absolute atomic E-state index is 0.0163. The van der Waals surface area contributed by atoms with Crippen molar-refractivity contribution in [3.05, 3.63) is 61.8 Å². The number of nitrogens with one attached hydrogen (secondary N) is 1. The number of carbonyl (C=O) groups is 5. The van der Waals surface area contributed by atoms with Crippen LogP contribution in [0.4, 0.5) is 13.6 Å². The largest absolute Gasteiger partial charge is 0.457 e. The van der Waals surface area contributed by atoms with Gasteiger partial charge >= 0.3 is 18.0 Å². The maximum Gasteiger partial charge on any atom is 0.355 e. The van der Waals surface area contributed by atoms with E-state index in [9.17, 15) is 28.8 Å². The van der Waals surface area contributed by atoms with Crippen molar-refractivity contribution in [2.45, 2.75) is 89.6 Å². The standard InChI is InChI=1S/C36H42BrF2N7O8/c1-4-36(22-14-26-29-19(13-20-23(37)7-5-8-24(20)44-29)15-45(26)31(49)21(22)16-53-33(36)51)54-27(47)10-11-35(38,39)17-46(32(50)28(40)18(2)3)25(30(41)48)9-6-12-43-34(42)52/h5,7-8,13-14,18,25,28H,4,6,9-12,15-17,40H2,1-3H3,(H2,41,48)(H3,42,43,52)/t25-,28-,36-/m0/s1. The number of alkyl halides is 2. The molecule has 0 saturated carbocycles. The fraction of sp³-hybridized carbons (Fsp3) is 0.472. The Labute approximate surface area is 317 Å². The molecule has 0 aliphatic carbocycles. The van der Waals surface area contributed by atoms with Crippen molar-refractivity contribution in [2.24, 2.45) is 23.1 Å². The fourth-order valence-corrected chi connectivity index (χ4v) is 7.23. The van der Waals surface area contributed by atoms with Gasteiger partial charge in [-0.15, -0.1) is 0 Å². The lowest BCUT2D eigenvalue weighted by Crippen LogP contribution is -2.57. The highest BCUT2D eigenvalue weighted by molar-refractivity contribution is 9.10. The first-order valence-corrected chi connectivity index (χ1v) is 18.2. The number of cyclic esters (lactones) is 1. The number of hydrogen-bond acceptors (Lipinski definition) is 10. The van der Waals surface area contributed by atoms with Crippen LogP contribution in [0.25, 0.3) is 22.3 Å². The van der Waals surface area contributed by atoms with Crippen molar-refractivity contribution in [1.82, 2.24) is 19.8 Å². The molecule has 5 rings (SSSR count). The Bertz CT molecular complexity index is 2080. The smallest absolute Gasteiger partial charge is 0.355 e. The molecule has 15 nitrogen and oxygen atoms in total. The number of fused-ring (bicyclic) bond motifs is 5. The number of pyridine rings is 2. The summed E-state index contributed by atoms with van der Waals surface area (Å²) in [7, 11) is 0. The molecule has 3 atom stereocenters. The lowest BCUT2D eigenvalue weighted by molar-refractivity contribution is -0.190. The van der Waals surface area contributed by atoms with Gasteiger partial charge in [0.05, 0.1) is 48.0 Å². The third-order valence-electron chi connectivity index (χ3n) is 9.80. The lowest BCUT2D eigenvalue weighted by atomic mass is 9.85. The van der Waals surface area contributed by atoms with E-state index in [1.54, 1.807) is 19.9 Å². The van der Waals surface area contributed by atoms with Gasteiger partial charge in [0.25, 0.3) is 11.5 Å². The molecule has 1 aromatic carbocycles. The van der Waals surface area contributed by atoms with Crippen LogP contribution in [0.15, 0.2) is 39.6 Å². The molecule has 0 radical (unpaired) electrons. The summed E-state index contributed by atoms with van der Waals surface area (Å²) in [6.45, 7) is 3.21. The van der Waals surface area contributed by atoms with E-state index in [1.807, 2.05) is 24.3 Å². The van der Waals surface area contributed by atoms with Crippen molar-refractivity contribution in [3.63, 3.8) is 0 Å². The molecule has 2 aliphatic rings. The van der Waals surface area contributed by atoms with E-state index in [0.29, 0.717) is 21.8 Å². The van der Waals surface area contributed by atoms with Crippen molar-refractivity contribution < 1.29 is 42.2 Å². The molecule has 0 unspecified atom stereocenters. The number of benzene rings is 1. The highest BCUT2D eigenvalue weighted by atomic mass is 79.9. The van der Waals surface area contributed by atoms with Crippen LogP contribution in [-0.4, -0.2) is 75.3 Å². The number of hydrogen-bond donors (Lipinski definition) is 4. The van der Waals surface area contributed by atoms with Gasteiger partial charge in [-0.1, -0.05) is 42.8 Å². The van der Waals surface area contributed by atoms with E-state index in [4.69, 9.17) is 31.7 Å². The zero-order valence-corrected chi connectivity index (χ0v) is 31.5. The van der Waals surface area contributed by atoms with Crippen LogP contribution in [0.5, 0.6) is 0 Å². The maximum absolute atomic E-state index is 15.7. The van der Waals surface area contributed by atoms with Crippen LogP contribution in [0, 0.1) is 5.92 Å². The number of carbonyl (C=O) groups excluding carboxylic acids is 5. The van der Waals surface area contributed by atoms with E-state index in [0.717, 1.165) is 15.4 Å². The molecule has 7 N–H and O–H groups in total. The average Bonchev–Trinajstić information content (AvgIpc) is 3.47. The first-order chi connectivity index (χ1) is 25.4. The minimum Gasteiger partial charge on any atom is -0.457 e. The van der Waals surface area contributed by atoms with Gasteiger partial charge in [-0.25, -0.2) is 23.4 Å². The number of halogens is 3. The molecule has 2 aliphatic heterocycles. The first kappa shape index (κ1) is 40.2. The van der Waals surface area contributed by atoms with Crippen LogP contribution in [-0.2, 0) is 47.4 Å². The SMILES string of the molecule is CC[C@@]1(OC(=O)CCC(F)(F)CN(C(=O)[C@@H](N)C(C)C)[C@@H](CCCNC(N)=O)C(N)=O)C(=O)OCc2c1cc1n(c2=O)Cc2cc3c(Br)cccc3nc2-1. The van der Waals surface area contributed by atoms with Gasteiger partial charge in [0.15, 0.2) is 0 Å². The van der Waals surface area contributed by atoms with Crippen molar-refractivity contribution >= 4 is 56.6 Å². The first-order valence-electron chi connectivity index (χ1n) is 17.4. The molecular formula is C36H42BrF2N7O8. The molecular weight excluding hydrogens is 776 g/mol. The number of urea groups is 1. The average molecular weight is 819 g/mol. The number of aromatic nitrogens is 2. The van der Waals surface area contributed by atoms with Crippen LogP contribution in [0.3, 0.4) is 0 Å². The van der Waals surface area contributed by atoms with Gasteiger partial charge in [0, 0.05) is 34.0 Å². The Balaban J connectivity index is 1.39. The summed E-state index contributed by atoms with van der Waals surface area (Å²) >= 11 is 3.53. The number of esters is 2. The molecule has 54 heavy (non-hydrogen) atoms. The second kappa shape index (κ2) is 15.8. The summed E-state index contributed by atoms with van der Waals surface area (Å²) in [4.78, 5) is 82.9. The quantitative estimate of drug-likeness (QED) is 0.101. The predicted octanol–water partition coefficient (Wildman–Crippen LogP) is 2.92. The Morgan fingerprint density at radius 1 is 1.19 bits per heavy atom. The van der Waals surface area contributed by atoms with Crippen molar-refractivity contribution in [3.8, 4) is 11.4 Å². The number of amides is 4. The van der Waals surface area contributed by atoms with Gasteiger partial charge in [-0.05, 0) is 49.4 Å². The molecule has 4 heterocycles. The third-order valence-corrected chi connectivity index (χ3v) is 10.5. The summed E-state index contributed by atoms with van der Waals surface area (Å²) in [5, 5.41) is 3.15. The van der Waals surface area contributed by atoms with E-state index < -0.39 is 84.3 Å². The summed E-state index contributed by atoms with van der Waals surface area (Å²) in [5.74, 6) is -8.46. The molecule has 290 valence electrons.